The Morgan fingerprint density at radius 3 is 2.67 bits per heavy atom. The summed E-state index contributed by atoms with van der Waals surface area (Å²) in [6, 6.07) is 0. The largest absolute Gasteiger partial charge is 0.266 e. The highest BCUT2D eigenvalue weighted by molar-refractivity contribution is 5.86. The van der Waals surface area contributed by atoms with Crippen LogP contribution in [0.25, 0.3) is 0 Å². The molecule has 1 nitrogen and oxygen atoms in total. The van der Waals surface area contributed by atoms with E-state index in [0.29, 0.717) is 11.3 Å². The predicted octanol–water partition coefficient (Wildman–Crippen LogP) is 4.59. The highest BCUT2D eigenvalue weighted by atomic mass is 14.7. The number of hydrogen-bond acceptors (Lipinski definition) is 1. The van der Waals surface area contributed by atoms with Gasteiger partial charge >= 0.3 is 0 Å². The summed E-state index contributed by atoms with van der Waals surface area (Å²) in [5.41, 5.74) is 1.79. The Balaban J connectivity index is 2.42. The topological polar surface area (TPSA) is 12.4 Å². The first-order valence-electron chi connectivity index (χ1n) is 6.26. The van der Waals surface area contributed by atoms with Crippen molar-refractivity contribution in [3.63, 3.8) is 0 Å². The maximum absolute atomic E-state index is 4.50. The summed E-state index contributed by atoms with van der Waals surface area (Å²) in [5.74, 6) is 0.673. The molecule has 0 saturated heterocycles. The maximum atomic E-state index is 4.50. The van der Waals surface area contributed by atoms with Crippen molar-refractivity contribution in [2.45, 2.75) is 59.8 Å². The van der Waals surface area contributed by atoms with Crippen LogP contribution in [0.5, 0.6) is 0 Å². The van der Waals surface area contributed by atoms with Gasteiger partial charge in [-0.05, 0) is 30.6 Å². The quantitative estimate of drug-likeness (QED) is 0.598. The molecule has 1 aliphatic heterocycles. The zero-order chi connectivity index (χ0) is 11.3. The Morgan fingerprint density at radius 2 is 2.07 bits per heavy atom. The molecular formula is C14H25N. The van der Waals surface area contributed by atoms with Crippen molar-refractivity contribution in [2.24, 2.45) is 16.3 Å². The van der Waals surface area contributed by atoms with Crippen LogP contribution >= 0.6 is 0 Å². The van der Waals surface area contributed by atoms with Gasteiger partial charge in [0.2, 0.25) is 0 Å². The molecule has 0 bridgehead atoms. The van der Waals surface area contributed by atoms with Crippen molar-refractivity contribution in [3.05, 3.63) is 12.3 Å². The molecule has 0 N–H and O–H groups in total. The second kappa shape index (κ2) is 5.48. The van der Waals surface area contributed by atoms with E-state index in [1.54, 1.807) is 0 Å². The highest BCUT2D eigenvalue weighted by Crippen LogP contribution is 2.32. The highest BCUT2D eigenvalue weighted by Gasteiger charge is 2.24. The Labute approximate surface area is 94.7 Å². The Hall–Kier alpha value is -0.590. The summed E-state index contributed by atoms with van der Waals surface area (Å²) in [7, 11) is 0. The fraction of sp³-hybridized carbons (Fsp3) is 0.786. The van der Waals surface area contributed by atoms with Crippen LogP contribution in [0.4, 0.5) is 0 Å². The minimum atomic E-state index is 0.377. The van der Waals surface area contributed by atoms with Gasteiger partial charge in [0.25, 0.3) is 0 Å². The zero-order valence-corrected chi connectivity index (χ0v) is 10.7. The van der Waals surface area contributed by atoms with Gasteiger partial charge in [-0.25, -0.2) is 0 Å². The van der Waals surface area contributed by atoms with Crippen LogP contribution in [0.3, 0.4) is 0 Å². The number of aliphatic imine (C=N–C) groups is 1. The van der Waals surface area contributed by atoms with Crippen LogP contribution in [0.1, 0.15) is 59.8 Å². The van der Waals surface area contributed by atoms with Crippen LogP contribution in [-0.2, 0) is 0 Å². The van der Waals surface area contributed by atoms with Crippen LogP contribution in [0.15, 0.2) is 17.3 Å². The molecule has 0 fully saturated rings. The van der Waals surface area contributed by atoms with Gasteiger partial charge in [-0.2, -0.15) is 0 Å². The summed E-state index contributed by atoms with van der Waals surface area (Å²) in [5, 5.41) is 0. The normalized spacial score (nSPS) is 21.6. The SMILES string of the molecule is CCCCCC1=NC=CC(C(C)(C)C)C1. The molecule has 1 aliphatic rings. The lowest BCUT2D eigenvalue weighted by atomic mass is 9.76. The average molecular weight is 207 g/mol. The number of nitrogens with zero attached hydrogens (tertiary/aromatic N) is 1. The van der Waals surface area contributed by atoms with Gasteiger partial charge in [-0.15, -0.1) is 0 Å². The molecule has 1 atom stereocenters. The van der Waals surface area contributed by atoms with Gasteiger partial charge < -0.3 is 0 Å². The van der Waals surface area contributed by atoms with E-state index in [1.165, 1.54) is 37.8 Å². The van der Waals surface area contributed by atoms with Crippen molar-refractivity contribution < 1.29 is 0 Å². The van der Waals surface area contributed by atoms with E-state index in [9.17, 15) is 0 Å². The van der Waals surface area contributed by atoms with E-state index in [2.05, 4.69) is 38.8 Å². The molecule has 1 heteroatoms. The van der Waals surface area contributed by atoms with Crippen molar-refractivity contribution in [3.8, 4) is 0 Å². The third-order valence-corrected chi connectivity index (χ3v) is 3.21. The molecule has 1 heterocycles. The van der Waals surface area contributed by atoms with Crippen LogP contribution in [-0.4, -0.2) is 5.71 Å². The molecule has 0 aromatic carbocycles. The van der Waals surface area contributed by atoms with Gasteiger partial charge in [0.15, 0.2) is 0 Å². The fourth-order valence-corrected chi connectivity index (χ4v) is 1.97. The number of rotatable bonds is 4. The monoisotopic (exact) mass is 207 g/mol. The number of allylic oxidation sites excluding steroid dienone is 1. The Kier molecular flexibility index (Phi) is 4.56. The molecule has 1 rings (SSSR count). The molecule has 0 saturated carbocycles. The third-order valence-electron chi connectivity index (χ3n) is 3.21. The van der Waals surface area contributed by atoms with Gasteiger partial charge in [0.1, 0.15) is 0 Å². The second-order valence-corrected chi connectivity index (χ2v) is 5.67. The second-order valence-electron chi connectivity index (χ2n) is 5.67. The van der Waals surface area contributed by atoms with Crippen LogP contribution in [0, 0.1) is 11.3 Å². The van der Waals surface area contributed by atoms with Crippen LogP contribution in [0.2, 0.25) is 0 Å². The average Bonchev–Trinajstić information content (AvgIpc) is 2.17. The summed E-state index contributed by atoms with van der Waals surface area (Å²) >= 11 is 0. The first-order chi connectivity index (χ1) is 7.04. The van der Waals surface area contributed by atoms with Crippen LogP contribution < -0.4 is 0 Å². The van der Waals surface area contributed by atoms with Crippen molar-refractivity contribution in [2.75, 3.05) is 0 Å². The van der Waals surface area contributed by atoms with Gasteiger partial charge in [0, 0.05) is 11.9 Å². The maximum Gasteiger partial charge on any atom is 0.0230 e. The molecule has 15 heavy (non-hydrogen) atoms. The van der Waals surface area contributed by atoms with Crippen molar-refractivity contribution in [1.82, 2.24) is 0 Å². The summed E-state index contributed by atoms with van der Waals surface area (Å²) in [6.07, 6.45) is 10.6. The van der Waals surface area contributed by atoms with E-state index in [4.69, 9.17) is 0 Å². The molecule has 0 aromatic rings. The van der Waals surface area contributed by atoms with Crippen molar-refractivity contribution in [1.29, 1.82) is 0 Å². The van der Waals surface area contributed by atoms with Gasteiger partial charge in [-0.3, -0.25) is 4.99 Å². The summed E-state index contributed by atoms with van der Waals surface area (Å²) in [4.78, 5) is 4.50. The van der Waals surface area contributed by atoms with E-state index < -0.39 is 0 Å². The minimum Gasteiger partial charge on any atom is -0.266 e. The summed E-state index contributed by atoms with van der Waals surface area (Å²) in [6.45, 7) is 9.20. The van der Waals surface area contributed by atoms with Gasteiger partial charge in [-0.1, -0.05) is 46.6 Å². The fourth-order valence-electron chi connectivity index (χ4n) is 1.97. The Bertz CT molecular complexity index is 243. The molecule has 0 spiro atoms. The van der Waals surface area contributed by atoms with E-state index in [-0.39, 0.29) is 0 Å². The molecule has 1 unspecified atom stereocenters. The van der Waals surface area contributed by atoms with Gasteiger partial charge in [0.05, 0.1) is 0 Å². The first-order valence-corrected chi connectivity index (χ1v) is 6.26. The summed E-state index contributed by atoms with van der Waals surface area (Å²) < 4.78 is 0. The minimum absolute atomic E-state index is 0.377. The smallest absolute Gasteiger partial charge is 0.0230 e. The third kappa shape index (κ3) is 4.19. The first kappa shape index (κ1) is 12.5. The number of unbranched alkanes of at least 4 members (excludes halogenated alkanes) is 2. The number of hydrogen-bond donors (Lipinski definition) is 0. The Morgan fingerprint density at radius 1 is 1.33 bits per heavy atom. The standard InChI is InChI=1S/C14H25N/c1-5-6-7-8-13-11-12(9-10-15-13)14(2,3)4/h9-10,12H,5-8,11H2,1-4H3. The lowest BCUT2D eigenvalue weighted by Gasteiger charge is -2.30. The molecule has 86 valence electrons. The lowest BCUT2D eigenvalue weighted by Crippen LogP contribution is -2.23. The van der Waals surface area contributed by atoms with Crippen molar-refractivity contribution >= 4 is 5.71 Å². The van der Waals surface area contributed by atoms with E-state index in [0.717, 1.165) is 0 Å². The zero-order valence-electron chi connectivity index (χ0n) is 10.7. The van der Waals surface area contributed by atoms with E-state index in [1.807, 2.05) is 6.20 Å². The molecular weight excluding hydrogens is 182 g/mol. The molecule has 0 aromatic heterocycles. The predicted molar refractivity (Wildman–Crippen MR) is 68.3 cm³/mol. The molecule has 0 radical (unpaired) electrons. The lowest BCUT2D eigenvalue weighted by molar-refractivity contribution is 0.297. The van der Waals surface area contributed by atoms with E-state index >= 15 is 0 Å². The molecule has 0 aliphatic carbocycles. The molecule has 0 amide bonds.